The van der Waals surface area contributed by atoms with Gasteiger partial charge in [-0.1, -0.05) is 50.1 Å². The van der Waals surface area contributed by atoms with Crippen molar-refractivity contribution in [1.82, 2.24) is 14.7 Å². The lowest BCUT2D eigenvalue weighted by molar-refractivity contribution is -0.139. The molecule has 0 spiro atoms. The van der Waals surface area contributed by atoms with Crippen molar-refractivity contribution in [2.45, 2.75) is 57.5 Å². The monoisotopic (exact) mass is 446 g/mol. The number of fused-ring (bicyclic) bond motifs is 1. The first-order valence-electron chi connectivity index (χ1n) is 12.4. The molecular formula is C27H34N4O2. The fourth-order valence-electron chi connectivity index (χ4n) is 5.67. The molecule has 0 amide bonds. The summed E-state index contributed by atoms with van der Waals surface area (Å²) in [5.41, 5.74) is 4.92. The molecule has 1 aliphatic heterocycles. The maximum Gasteiger partial charge on any atom is 0.317 e. The van der Waals surface area contributed by atoms with E-state index in [-0.39, 0.29) is 12.6 Å². The second-order valence-electron chi connectivity index (χ2n) is 9.54. The molecule has 1 aliphatic carbocycles. The predicted octanol–water partition coefficient (Wildman–Crippen LogP) is 4.53. The molecule has 0 unspecified atom stereocenters. The number of carbonyl (C=O) groups is 1. The number of aliphatic carboxylic acids is 1. The van der Waals surface area contributed by atoms with Crippen molar-refractivity contribution >= 4 is 22.6 Å². The molecule has 2 aromatic carbocycles. The van der Waals surface area contributed by atoms with Gasteiger partial charge in [0.05, 0.1) is 23.8 Å². The van der Waals surface area contributed by atoms with Gasteiger partial charge in [0.25, 0.3) is 0 Å². The second kappa shape index (κ2) is 9.56. The van der Waals surface area contributed by atoms with E-state index in [1.807, 2.05) is 6.07 Å². The van der Waals surface area contributed by atoms with Crippen LogP contribution in [0.25, 0.3) is 10.9 Å². The molecule has 1 aromatic heterocycles. The lowest BCUT2D eigenvalue weighted by Crippen LogP contribution is -2.55. The topological polar surface area (TPSA) is 61.6 Å². The third-order valence-corrected chi connectivity index (χ3v) is 7.40. The molecule has 174 valence electrons. The minimum Gasteiger partial charge on any atom is -0.480 e. The van der Waals surface area contributed by atoms with Crippen molar-refractivity contribution in [2.75, 3.05) is 31.1 Å². The highest BCUT2D eigenvalue weighted by atomic mass is 16.4. The summed E-state index contributed by atoms with van der Waals surface area (Å²) < 4.78 is 2.30. The lowest BCUT2D eigenvalue weighted by Gasteiger charge is -2.42. The summed E-state index contributed by atoms with van der Waals surface area (Å²) in [4.78, 5) is 16.1. The van der Waals surface area contributed by atoms with Gasteiger partial charge < -0.3 is 10.0 Å². The van der Waals surface area contributed by atoms with Gasteiger partial charge in [-0.05, 0) is 49.4 Å². The normalized spacial score (nSPS) is 20.0. The molecule has 1 atom stereocenters. The van der Waals surface area contributed by atoms with E-state index in [0.29, 0.717) is 6.04 Å². The van der Waals surface area contributed by atoms with Crippen LogP contribution < -0.4 is 4.90 Å². The molecule has 0 bridgehead atoms. The van der Waals surface area contributed by atoms with Crippen LogP contribution in [0, 0.1) is 0 Å². The number of rotatable bonds is 7. The molecule has 6 heteroatoms. The standard InChI is InChI=1S/C27H34N4O2/c1-2-25-24-13-12-22(17-26(24)31(28-25)21-10-6-7-11-21)29-14-15-30(19-27(32)33)23(18-29)16-20-8-4-3-5-9-20/h3-5,8-9,12-13,17,21,23H,2,6-7,10-11,14-16,18-19H2,1H3,(H,32,33)/t23-/m0/s1. The molecule has 2 heterocycles. The van der Waals surface area contributed by atoms with E-state index in [2.05, 4.69) is 63.9 Å². The summed E-state index contributed by atoms with van der Waals surface area (Å²) in [5, 5.41) is 15.7. The summed E-state index contributed by atoms with van der Waals surface area (Å²) in [6, 6.07) is 17.9. The van der Waals surface area contributed by atoms with Crippen LogP contribution in [0.4, 0.5) is 5.69 Å². The van der Waals surface area contributed by atoms with Crippen molar-refractivity contribution in [1.29, 1.82) is 0 Å². The number of hydrogen-bond donors (Lipinski definition) is 1. The summed E-state index contributed by atoms with van der Waals surface area (Å²) in [5.74, 6) is -0.754. The lowest BCUT2D eigenvalue weighted by atomic mass is 10.0. The highest BCUT2D eigenvalue weighted by molar-refractivity contribution is 5.85. The maximum atomic E-state index is 11.5. The first-order chi connectivity index (χ1) is 16.1. The summed E-state index contributed by atoms with van der Waals surface area (Å²) >= 11 is 0. The van der Waals surface area contributed by atoms with Crippen molar-refractivity contribution in [3.05, 3.63) is 59.8 Å². The summed E-state index contributed by atoms with van der Waals surface area (Å²) in [6.07, 6.45) is 6.82. The summed E-state index contributed by atoms with van der Waals surface area (Å²) in [7, 11) is 0. The molecule has 2 aliphatic rings. The predicted molar refractivity (Wildman–Crippen MR) is 132 cm³/mol. The third kappa shape index (κ3) is 4.62. The molecule has 33 heavy (non-hydrogen) atoms. The van der Waals surface area contributed by atoms with Crippen molar-refractivity contribution in [2.24, 2.45) is 0 Å². The number of aryl methyl sites for hydroxylation is 1. The van der Waals surface area contributed by atoms with Crippen LogP contribution in [0.5, 0.6) is 0 Å². The van der Waals surface area contributed by atoms with E-state index < -0.39 is 5.97 Å². The van der Waals surface area contributed by atoms with Crippen LogP contribution in [0.2, 0.25) is 0 Å². The van der Waals surface area contributed by atoms with E-state index in [4.69, 9.17) is 5.10 Å². The van der Waals surface area contributed by atoms with Crippen LogP contribution in [0.1, 0.15) is 49.9 Å². The molecule has 1 saturated heterocycles. The Bertz CT molecular complexity index is 1100. The SMILES string of the molecule is CCc1nn(C2CCCC2)c2cc(N3CCN(CC(=O)O)[C@@H](Cc4ccccc4)C3)ccc12. The van der Waals surface area contributed by atoms with Crippen LogP contribution >= 0.6 is 0 Å². The Labute approximate surface area is 195 Å². The van der Waals surface area contributed by atoms with Gasteiger partial charge in [-0.15, -0.1) is 0 Å². The van der Waals surface area contributed by atoms with Crippen molar-refractivity contribution in [3.8, 4) is 0 Å². The van der Waals surface area contributed by atoms with E-state index in [1.165, 1.54) is 53.5 Å². The Morgan fingerprint density at radius 1 is 1.09 bits per heavy atom. The number of hydrogen-bond acceptors (Lipinski definition) is 4. The van der Waals surface area contributed by atoms with Crippen LogP contribution in [-0.4, -0.2) is 58.0 Å². The van der Waals surface area contributed by atoms with Gasteiger partial charge in [-0.2, -0.15) is 5.10 Å². The van der Waals surface area contributed by atoms with Gasteiger partial charge in [-0.25, -0.2) is 0 Å². The number of piperazine rings is 1. The Hall–Kier alpha value is -2.86. The fourth-order valence-corrected chi connectivity index (χ4v) is 5.67. The third-order valence-electron chi connectivity index (χ3n) is 7.40. The average molecular weight is 447 g/mol. The Kier molecular flexibility index (Phi) is 6.36. The van der Waals surface area contributed by atoms with E-state index in [1.54, 1.807) is 0 Å². The van der Waals surface area contributed by atoms with E-state index >= 15 is 0 Å². The molecule has 2 fully saturated rings. The quantitative estimate of drug-likeness (QED) is 0.578. The first kappa shape index (κ1) is 22.0. The Balaban J connectivity index is 1.43. The molecule has 0 radical (unpaired) electrons. The zero-order valence-electron chi connectivity index (χ0n) is 19.5. The number of nitrogens with zero attached hydrogens (tertiary/aromatic N) is 4. The Morgan fingerprint density at radius 3 is 2.61 bits per heavy atom. The fraction of sp³-hybridized carbons (Fsp3) is 0.481. The van der Waals surface area contributed by atoms with Gasteiger partial charge in [0.2, 0.25) is 0 Å². The highest BCUT2D eigenvalue weighted by Crippen LogP contribution is 2.35. The summed E-state index contributed by atoms with van der Waals surface area (Å²) in [6.45, 7) is 4.70. The van der Waals surface area contributed by atoms with Crippen LogP contribution in [-0.2, 0) is 17.6 Å². The zero-order valence-corrected chi connectivity index (χ0v) is 19.5. The molecule has 6 nitrogen and oxygen atoms in total. The highest BCUT2D eigenvalue weighted by Gasteiger charge is 2.29. The second-order valence-corrected chi connectivity index (χ2v) is 9.54. The molecule has 5 rings (SSSR count). The van der Waals surface area contributed by atoms with E-state index in [0.717, 1.165) is 32.5 Å². The van der Waals surface area contributed by atoms with Gasteiger partial charge in [0.1, 0.15) is 0 Å². The van der Waals surface area contributed by atoms with Gasteiger partial charge in [0.15, 0.2) is 0 Å². The maximum absolute atomic E-state index is 11.5. The molecule has 3 aromatic rings. The molecular weight excluding hydrogens is 412 g/mol. The number of carboxylic acid groups (broad SMARTS) is 1. The number of anilines is 1. The zero-order chi connectivity index (χ0) is 22.8. The smallest absolute Gasteiger partial charge is 0.317 e. The van der Waals surface area contributed by atoms with Crippen molar-refractivity contribution in [3.63, 3.8) is 0 Å². The number of benzene rings is 2. The van der Waals surface area contributed by atoms with Crippen molar-refractivity contribution < 1.29 is 9.90 Å². The number of carboxylic acids is 1. The van der Waals surface area contributed by atoms with Crippen LogP contribution in [0.3, 0.4) is 0 Å². The van der Waals surface area contributed by atoms with E-state index in [9.17, 15) is 9.90 Å². The minimum absolute atomic E-state index is 0.0959. The van der Waals surface area contributed by atoms with Gasteiger partial charge >= 0.3 is 5.97 Å². The largest absolute Gasteiger partial charge is 0.480 e. The first-order valence-corrected chi connectivity index (χ1v) is 12.4. The Morgan fingerprint density at radius 2 is 1.88 bits per heavy atom. The van der Waals surface area contributed by atoms with Crippen LogP contribution in [0.15, 0.2) is 48.5 Å². The van der Waals surface area contributed by atoms with Gasteiger partial charge in [-0.3, -0.25) is 14.4 Å². The minimum atomic E-state index is -0.754. The van der Waals surface area contributed by atoms with Gasteiger partial charge in [0, 0.05) is 36.7 Å². The average Bonchev–Trinajstić information content (AvgIpc) is 3.48. The number of aromatic nitrogens is 2. The molecule has 1 N–H and O–H groups in total. The molecule has 1 saturated carbocycles.